The van der Waals surface area contributed by atoms with E-state index in [9.17, 15) is 0 Å². The van der Waals surface area contributed by atoms with Gasteiger partial charge in [-0.3, -0.25) is 0 Å². The average molecular weight is 341 g/mol. The Bertz CT molecular complexity index is 685. The van der Waals surface area contributed by atoms with Gasteiger partial charge in [0.1, 0.15) is 11.6 Å². The molecule has 1 aromatic carbocycles. The molecule has 1 fully saturated rings. The average Bonchev–Trinajstić information content (AvgIpc) is 2.68. The first-order valence-corrected chi connectivity index (χ1v) is 8.93. The minimum Gasteiger partial charge on any atom is -0.495 e. The Balaban J connectivity index is 1.65. The number of anilines is 3. The van der Waals surface area contributed by atoms with Crippen LogP contribution in [0.1, 0.15) is 20.3 Å². The second kappa shape index (κ2) is 8.05. The van der Waals surface area contributed by atoms with Crippen LogP contribution in [-0.2, 0) is 0 Å². The van der Waals surface area contributed by atoms with Crippen molar-refractivity contribution in [3.8, 4) is 5.75 Å². The minimum absolute atomic E-state index is 0.408. The molecule has 1 N–H and O–H groups in total. The van der Waals surface area contributed by atoms with E-state index in [2.05, 4.69) is 51.1 Å². The molecule has 2 heterocycles. The third-order valence-corrected chi connectivity index (χ3v) is 4.64. The molecule has 0 bridgehead atoms. The van der Waals surface area contributed by atoms with Gasteiger partial charge in [0, 0.05) is 38.4 Å². The number of hydrogen-bond donors (Lipinski definition) is 1. The summed E-state index contributed by atoms with van der Waals surface area (Å²) in [5.41, 5.74) is 1.15. The molecule has 0 saturated carbocycles. The second-order valence-electron chi connectivity index (χ2n) is 6.34. The van der Waals surface area contributed by atoms with Gasteiger partial charge < -0.3 is 19.9 Å². The number of nitrogens with one attached hydrogen (secondary N) is 1. The van der Waals surface area contributed by atoms with E-state index < -0.39 is 0 Å². The highest BCUT2D eigenvalue weighted by atomic mass is 16.5. The number of benzene rings is 1. The predicted molar refractivity (Wildman–Crippen MR) is 103 cm³/mol. The largest absolute Gasteiger partial charge is 0.495 e. The standard InChI is InChI=1S/C19H27N5O/c1-4-15(2)21-18-9-10-20-19(22-18)24-13-11-23(12-14-24)16-7-5-6-8-17(16)25-3/h5-10,15H,4,11-14H2,1-3H3,(H,20,21,22). The zero-order valence-corrected chi connectivity index (χ0v) is 15.3. The Hall–Kier alpha value is -2.50. The predicted octanol–water partition coefficient (Wildman–Crippen LogP) is 3.02. The topological polar surface area (TPSA) is 53.5 Å². The molecule has 134 valence electrons. The van der Waals surface area contributed by atoms with Crippen LogP contribution in [0.5, 0.6) is 5.75 Å². The van der Waals surface area contributed by atoms with Crippen molar-refractivity contribution in [2.45, 2.75) is 26.3 Å². The fourth-order valence-electron chi connectivity index (χ4n) is 2.97. The molecule has 6 nitrogen and oxygen atoms in total. The summed E-state index contributed by atoms with van der Waals surface area (Å²) in [5, 5.41) is 3.42. The molecule has 0 amide bonds. The smallest absolute Gasteiger partial charge is 0.227 e. The first-order valence-electron chi connectivity index (χ1n) is 8.93. The van der Waals surface area contributed by atoms with Gasteiger partial charge in [0.15, 0.2) is 0 Å². The van der Waals surface area contributed by atoms with E-state index in [1.54, 1.807) is 7.11 Å². The summed E-state index contributed by atoms with van der Waals surface area (Å²) < 4.78 is 5.49. The van der Waals surface area contributed by atoms with Crippen LogP contribution >= 0.6 is 0 Å². The van der Waals surface area contributed by atoms with E-state index in [0.717, 1.165) is 55.8 Å². The van der Waals surface area contributed by atoms with Crippen LogP contribution in [0.4, 0.5) is 17.5 Å². The van der Waals surface area contributed by atoms with Gasteiger partial charge >= 0.3 is 0 Å². The number of aromatic nitrogens is 2. The van der Waals surface area contributed by atoms with Gasteiger partial charge in [-0.15, -0.1) is 0 Å². The zero-order chi connectivity index (χ0) is 17.6. The van der Waals surface area contributed by atoms with Crippen LogP contribution in [-0.4, -0.2) is 49.3 Å². The highest BCUT2D eigenvalue weighted by molar-refractivity contribution is 5.59. The van der Waals surface area contributed by atoms with E-state index in [4.69, 9.17) is 4.74 Å². The first-order chi connectivity index (χ1) is 12.2. The Morgan fingerprint density at radius 1 is 1.12 bits per heavy atom. The molecular formula is C19H27N5O. The molecule has 0 aliphatic carbocycles. The van der Waals surface area contributed by atoms with Crippen LogP contribution < -0.4 is 19.9 Å². The normalized spacial score (nSPS) is 15.8. The molecule has 1 unspecified atom stereocenters. The van der Waals surface area contributed by atoms with Crippen LogP contribution in [0.3, 0.4) is 0 Å². The summed E-state index contributed by atoms with van der Waals surface area (Å²) in [7, 11) is 1.72. The van der Waals surface area contributed by atoms with Gasteiger partial charge in [0.2, 0.25) is 5.95 Å². The number of nitrogens with zero attached hydrogens (tertiary/aromatic N) is 4. The lowest BCUT2D eigenvalue weighted by Gasteiger charge is -2.36. The lowest BCUT2D eigenvalue weighted by atomic mass is 10.2. The van der Waals surface area contributed by atoms with Crippen molar-refractivity contribution in [3.63, 3.8) is 0 Å². The fraction of sp³-hybridized carbons (Fsp3) is 0.474. The molecule has 1 saturated heterocycles. The molecule has 1 aliphatic rings. The van der Waals surface area contributed by atoms with Gasteiger partial charge in [-0.25, -0.2) is 4.98 Å². The van der Waals surface area contributed by atoms with E-state index >= 15 is 0 Å². The maximum absolute atomic E-state index is 5.49. The number of para-hydroxylation sites is 2. The third-order valence-electron chi connectivity index (χ3n) is 4.64. The summed E-state index contributed by atoms with van der Waals surface area (Å²) in [6.07, 6.45) is 2.90. The van der Waals surface area contributed by atoms with Crippen molar-refractivity contribution in [3.05, 3.63) is 36.5 Å². The van der Waals surface area contributed by atoms with Crippen LogP contribution in [0.15, 0.2) is 36.5 Å². The Labute approximate surface area is 149 Å². The second-order valence-corrected chi connectivity index (χ2v) is 6.34. The Morgan fingerprint density at radius 2 is 1.84 bits per heavy atom. The fourth-order valence-corrected chi connectivity index (χ4v) is 2.97. The number of hydrogen-bond acceptors (Lipinski definition) is 6. The number of piperazine rings is 1. The van der Waals surface area contributed by atoms with Crippen LogP contribution in [0.25, 0.3) is 0 Å². The highest BCUT2D eigenvalue weighted by Gasteiger charge is 2.21. The third kappa shape index (κ3) is 4.13. The van der Waals surface area contributed by atoms with Crippen molar-refractivity contribution in [2.75, 3.05) is 48.4 Å². The van der Waals surface area contributed by atoms with Crippen LogP contribution in [0, 0.1) is 0 Å². The van der Waals surface area contributed by atoms with Gasteiger partial charge in [-0.2, -0.15) is 4.98 Å². The molecule has 1 atom stereocenters. The quantitative estimate of drug-likeness (QED) is 0.872. The molecule has 25 heavy (non-hydrogen) atoms. The van der Waals surface area contributed by atoms with Crippen molar-refractivity contribution >= 4 is 17.5 Å². The van der Waals surface area contributed by atoms with Crippen molar-refractivity contribution in [1.82, 2.24) is 9.97 Å². The van der Waals surface area contributed by atoms with Crippen LogP contribution in [0.2, 0.25) is 0 Å². The van der Waals surface area contributed by atoms with E-state index in [0.29, 0.717) is 6.04 Å². The zero-order valence-electron chi connectivity index (χ0n) is 15.3. The van der Waals surface area contributed by atoms with E-state index in [1.807, 2.05) is 24.4 Å². The van der Waals surface area contributed by atoms with Gasteiger partial charge in [0.05, 0.1) is 12.8 Å². The maximum atomic E-state index is 5.49. The molecular weight excluding hydrogens is 314 g/mol. The summed E-state index contributed by atoms with van der Waals surface area (Å²) >= 11 is 0. The molecule has 1 aromatic heterocycles. The van der Waals surface area contributed by atoms with Crippen molar-refractivity contribution in [2.24, 2.45) is 0 Å². The van der Waals surface area contributed by atoms with Gasteiger partial charge in [-0.1, -0.05) is 19.1 Å². The molecule has 6 heteroatoms. The molecule has 2 aromatic rings. The van der Waals surface area contributed by atoms with E-state index in [-0.39, 0.29) is 0 Å². The summed E-state index contributed by atoms with van der Waals surface area (Å²) in [5.74, 6) is 2.62. The van der Waals surface area contributed by atoms with Gasteiger partial charge in [0.25, 0.3) is 0 Å². The molecule has 0 spiro atoms. The number of ether oxygens (including phenoxy) is 1. The first kappa shape index (κ1) is 17.3. The molecule has 1 aliphatic heterocycles. The summed E-state index contributed by atoms with van der Waals surface area (Å²) in [6, 6.07) is 10.5. The lowest BCUT2D eigenvalue weighted by molar-refractivity contribution is 0.413. The summed E-state index contributed by atoms with van der Waals surface area (Å²) in [4.78, 5) is 13.7. The van der Waals surface area contributed by atoms with Crippen molar-refractivity contribution < 1.29 is 4.74 Å². The molecule has 3 rings (SSSR count). The minimum atomic E-state index is 0.408. The van der Waals surface area contributed by atoms with Crippen molar-refractivity contribution in [1.29, 1.82) is 0 Å². The lowest BCUT2D eigenvalue weighted by Crippen LogP contribution is -2.47. The Morgan fingerprint density at radius 3 is 2.56 bits per heavy atom. The van der Waals surface area contributed by atoms with E-state index in [1.165, 1.54) is 0 Å². The summed E-state index contributed by atoms with van der Waals surface area (Å²) in [6.45, 7) is 7.96. The number of rotatable bonds is 6. The Kier molecular flexibility index (Phi) is 5.58. The number of methoxy groups -OCH3 is 1. The maximum Gasteiger partial charge on any atom is 0.227 e. The molecule has 0 radical (unpaired) electrons. The highest BCUT2D eigenvalue weighted by Crippen LogP contribution is 2.28. The monoisotopic (exact) mass is 341 g/mol. The van der Waals surface area contributed by atoms with Gasteiger partial charge in [-0.05, 0) is 31.5 Å². The SMILES string of the molecule is CCC(C)Nc1ccnc(N2CCN(c3ccccc3OC)CC2)n1.